The van der Waals surface area contributed by atoms with Crippen LogP contribution in [0.4, 0.5) is 10.6 Å². The third-order valence-corrected chi connectivity index (χ3v) is 8.74. The van der Waals surface area contributed by atoms with Gasteiger partial charge >= 0.3 is 6.03 Å². The lowest BCUT2D eigenvalue weighted by Gasteiger charge is -2.38. The fraction of sp³-hybridized carbons (Fsp3) is 0.586. The van der Waals surface area contributed by atoms with Crippen molar-refractivity contribution < 1.29 is 4.79 Å². The number of carbonyl (C=O) groups is 1. The zero-order chi connectivity index (χ0) is 23.9. The lowest BCUT2D eigenvalue weighted by atomic mass is 9.85. The molecule has 6 rings (SSSR count). The molecule has 2 amide bonds. The fourth-order valence-electron chi connectivity index (χ4n) is 6.38. The number of anilines is 1. The Morgan fingerprint density at radius 3 is 2.60 bits per heavy atom. The van der Waals surface area contributed by atoms with Gasteiger partial charge in [-0.25, -0.2) is 9.78 Å². The van der Waals surface area contributed by atoms with Crippen LogP contribution in [0.5, 0.6) is 0 Å². The number of nitrogens with zero attached hydrogens (tertiary/aromatic N) is 3. The Morgan fingerprint density at radius 2 is 1.80 bits per heavy atom. The normalized spacial score (nSPS) is 24.6. The first-order valence-corrected chi connectivity index (χ1v) is 13.7. The molecule has 2 saturated heterocycles. The predicted molar refractivity (Wildman–Crippen MR) is 141 cm³/mol. The molecule has 0 saturated carbocycles. The lowest BCUT2D eigenvalue weighted by Crippen LogP contribution is -2.48. The summed E-state index contributed by atoms with van der Waals surface area (Å²) in [5.74, 6) is 2.26. The van der Waals surface area contributed by atoms with Crippen molar-refractivity contribution in [2.24, 2.45) is 5.92 Å². The first-order chi connectivity index (χ1) is 17.1. The number of hydrogen-bond acceptors (Lipinski definition) is 4. The third kappa shape index (κ3) is 4.42. The van der Waals surface area contributed by atoms with Gasteiger partial charge in [0.25, 0.3) is 0 Å². The molecule has 0 aliphatic carbocycles. The monoisotopic (exact) mass is 473 g/mol. The van der Waals surface area contributed by atoms with Crippen LogP contribution in [-0.2, 0) is 13.0 Å². The molecule has 4 aliphatic rings. The van der Waals surface area contributed by atoms with Crippen molar-refractivity contribution in [1.29, 1.82) is 0 Å². The maximum atomic E-state index is 13.4. The number of amides is 2. The van der Waals surface area contributed by atoms with Gasteiger partial charge < -0.3 is 20.4 Å². The Balaban J connectivity index is 1.33. The van der Waals surface area contributed by atoms with Crippen molar-refractivity contribution >= 4 is 11.8 Å². The zero-order valence-electron chi connectivity index (χ0n) is 21.3. The molecule has 2 fully saturated rings. The number of piperidine rings is 2. The molecule has 2 N–H and O–H groups in total. The van der Waals surface area contributed by atoms with Crippen molar-refractivity contribution in [2.75, 3.05) is 38.0 Å². The van der Waals surface area contributed by atoms with Gasteiger partial charge in [-0.05, 0) is 84.5 Å². The largest absolute Gasteiger partial charge is 0.369 e. The molecule has 1 aromatic heterocycles. The molecular formula is C29H39N5O. The Morgan fingerprint density at radius 1 is 0.971 bits per heavy atom. The Hall–Kier alpha value is -2.60. The maximum absolute atomic E-state index is 13.4. The number of pyridine rings is 1. The molecule has 1 aromatic carbocycles. The summed E-state index contributed by atoms with van der Waals surface area (Å²) in [5, 5.41) is 7.21. The van der Waals surface area contributed by atoms with Crippen molar-refractivity contribution in [3.8, 4) is 11.1 Å². The molecule has 4 aliphatic heterocycles. The van der Waals surface area contributed by atoms with E-state index in [4.69, 9.17) is 4.98 Å². The second kappa shape index (κ2) is 9.45. The van der Waals surface area contributed by atoms with Crippen LogP contribution in [-0.4, -0.2) is 53.5 Å². The molecule has 5 heterocycles. The number of carbonyl (C=O) groups excluding carboxylic acids is 1. The van der Waals surface area contributed by atoms with Crippen LogP contribution in [0, 0.1) is 5.92 Å². The highest BCUT2D eigenvalue weighted by molar-refractivity contribution is 5.76. The summed E-state index contributed by atoms with van der Waals surface area (Å²) in [6.07, 6.45) is 8.87. The maximum Gasteiger partial charge on any atom is 0.320 e. The van der Waals surface area contributed by atoms with E-state index in [9.17, 15) is 4.79 Å². The number of aromatic nitrogens is 1. The van der Waals surface area contributed by atoms with Crippen LogP contribution in [0.2, 0.25) is 0 Å². The van der Waals surface area contributed by atoms with Crippen LogP contribution in [0.15, 0.2) is 24.4 Å². The van der Waals surface area contributed by atoms with Crippen molar-refractivity contribution in [3.05, 3.63) is 46.6 Å². The Bertz CT molecular complexity index is 1100. The van der Waals surface area contributed by atoms with E-state index in [1.54, 1.807) is 0 Å². The summed E-state index contributed by atoms with van der Waals surface area (Å²) in [4.78, 5) is 22.3. The summed E-state index contributed by atoms with van der Waals surface area (Å²) < 4.78 is 0. The number of hydrogen-bond donors (Lipinski definition) is 2. The minimum atomic E-state index is 0.235. The molecule has 186 valence electrons. The molecule has 6 heteroatoms. The van der Waals surface area contributed by atoms with E-state index in [2.05, 4.69) is 52.5 Å². The van der Waals surface area contributed by atoms with Gasteiger partial charge in [-0.15, -0.1) is 0 Å². The molecule has 0 spiro atoms. The summed E-state index contributed by atoms with van der Waals surface area (Å²) in [6.45, 7) is 9.95. The fourth-order valence-corrected chi connectivity index (χ4v) is 6.38. The van der Waals surface area contributed by atoms with Crippen molar-refractivity contribution in [1.82, 2.24) is 20.1 Å². The highest BCUT2D eigenvalue weighted by Gasteiger charge is 2.31. The summed E-state index contributed by atoms with van der Waals surface area (Å²) in [6, 6.07) is 7.71. The van der Waals surface area contributed by atoms with Crippen LogP contribution in [0.1, 0.15) is 80.2 Å². The summed E-state index contributed by atoms with van der Waals surface area (Å²) >= 11 is 0. The molecule has 0 radical (unpaired) electrons. The minimum absolute atomic E-state index is 0.235. The van der Waals surface area contributed by atoms with Crippen molar-refractivity contribution in [2.45, 2.75) is 70.9 Å². The van der Waals surface area contributed by atoms with E-state index < -0.39 is 0 Å². The SMILES string of the molecule is CC1CCN(C(=O)N2CCc3cc(-c4cnc5c(c4)C(C)CN5)cc(C4CCCCN4)c3C2)CC1. The zero-order valence-corrected chi connectivity index (χ0v) is 21.3. The van der Waals surface area contributed by atoms with Gasteiger partial charge in [0.05, 0.1) is 0 Å². The summed E-state index contributed by atoms with van der Waals surface area (Å²) in [7, 11) is 0. The molecule has 2 aromatic rings. The summed E-state index contributed by atoms with van der Waals surface area (Å²) in [5.41, 5.74) is 7.99. The van der Waals surface area contributed by atoms with E-state index in [0.29, 0.717) is 12.0 Å². The molecule has 6 nitrogen and oxygen atoms in total. The molecule has 35 heavy (non-hydrogen) atoms. The van der Waals surface area contributed by atoms with Gasteiger partial charge in [-0.1, -0.05) is 26.3 Å². The second-order valence-corrected chi connectivity index (χ2v) is 11.3. The Kier molecular flexibility index (Phi) is 6.17. The molecular weight excluding hydrogens is 434 g/mol. The quantitative estimate of drug-likeness (QED) is 0.621. The van der Waals surface area contributed by atoms with Gasteiger partial charge in [0, 0.05) is 56.4 Å². The van der Waals surface area contributed by atoms with Gasteiger partial charge in [0.2, 0.25) is 0 Å². The standard InChI is InChI=1S/C29H39N5O/c1-19-6-10-33(11-7-19)29(35)34-12-8-21-13-22(23-15-24-20(2)16-31-28(24)32-17-23)14-25(26(21)18-34)27-5-3-4-9-30-27/h13-15,17,19-20,27,30H,3-12,16,18H2,1-2H3,(H,31,32). The van der Waals surface area contributed by atoms with Gasteiger partial charge in [0.1, 0.15) is 5.82 Å². The lowest BCUT2D eigenvalue weighted by molar-refractivity contribution is 0.130. The minimum Gasteiger partial charge on any atom is -0.369 e. The highest BCUT2D eigenvalue weighted by atomic mass is 16.2. The van der Waals surface area contributed by atoms with E-state index in [0.717, 1.165) is 76.7 Å². The van der Waals surface area contributed by atoms with E-state index in [-0.39, 0.29) is 6.03 Å². The Labute approximate surface area is 209 Å². The van der Waals surface area contributed by atoms with E-state index in [1.807, 2.05) is 6.20 Å². The van der Waals surface area contributed by atoms with Gasteiger partial charge in [-0.3, -0.25) is 0 Å². The average molecular weight is 474 g/mol. The van der Waals surface area contributed by atoms with Crippen molar-refractivity contribution in [3.63, 3.8) is 0 Å². The number of likely N-dealkylation sites (tertiary alicyclic amines) is 1. The number of benzene rings is 1. The van der Waals surface area contributed by atoms with E-state index in [1.165, 1.54) is 46.2 Å². The van der Waals surface area contributed by atoms with Crippen LogP contribution in [0.3, 0.4) is 0 Å². The third-order valence-electron chi connectivity index (χ3n) is 8.74. The van der Waals surface area contributed by atoms with Crippen LogP contribution < -0.4 is 10.6 Å². The smallest absolute Gasteiger partial charge is 0.320 e. The molecule has 2 atom stereocenters. The van der Waals surface area contributed by atoms with Crippen LogP contribution >= 0.6 is 0 Å². The number of nitrogens with one attached hydrogen (secondary N) is 2. The first-order valence-electron chi connectivity index (χ1n) is 13.7. The van der Waals surface area contributed by atoms with Crippen LogP contribution in [0.25, 0.3) is 11.1 Å². The first kappa shape index (κ1) is 22.8. The van der Waals surface area contributed by atoms with E-state index >= 15 is 0 Å². The van der Waals surface area contributed by atoms with Gasteiger partial charge in [0.15, 0.2) is 0 Å². The topological polar surface area (TPSA) is 60.5 Å². The molecule has 2 unspecified atom stereocenters. The molecule has 0 bridgehead atoms. The average Bonchev–Trinajstić information content (AvgIpc) is 3.28. The predicted octanol–water partition coefficient (Wildman–Crippen LogP) is 5.30. The number of rotatable bonds is 2. The number of fused-ring (bicyclic) bond motifs is 2. The van der Waals surface area contributed by atoms with Gasteiger partial charge in [-0.2, -0.15) is 0 Å². The number of urea groups is 1. The highest BCUT2D eigenvalue weighted by Crippen LogP contribution is 2.38. The second-order valence-electron chi connectivity index (χ2n) is 11.3.